The number of ether oxygens (including phenoxy) is 1. The largest absolute Gasteiger partial charge is 0.481 e. The average molecular weight is 308 g/mol. The van der Waals surface area contributed by atoms with Crippen molar-refractivity contribution in [2.75, 3.05) is 19.4 Å². The lowest BCUT2D eigenvalue weighted by atomic mass is 10.00. The van der Waals surface area contributed by atoms with Crippen molar-refractivity contribution in [1.82, 2.24) is 4.90 Å². The average Bonchev–Trinajstić information content (AvgIpc) is 3.31. The van der Waals surface area contributed by atoms with Crippen molar-refractivity contribution in [3.63, 3.8) is 0 Å². The van der Waals surface area contributed by atoms with E-state index in [0.29, 0.717) is 11.6 Å². The fraction of sp³-hybridized carbons (Fsp3) is 0.316. The quantitative estimate of drug-likeness (QED) is 0.933. The molecule has 1 aliphatic heterocycles. The van der Waals surface area contributed by atoms with Crippen molar-refractivity contribution in [2.45, 2.75) is 25.0 Å². The highest BCUT2D eigenvalue weighted by Gasteiger charge is 2.29. The summed E-state index contributed by atoms with van der Waals surface area (Å²) in [7, 11) is 3.54. The first kappa shape index (κ1) is 14.1. The highest BCUT2D eigenvalue weighted by atomic mass is 16.5. The fourth-order valence-electron chi connectivity index (χ4n) is 2.93. The molecule has 1 N–H and O–H groups in total. The van der Waals surface area contributed by atoms with Gasteiger partial charge in [0.2, 0.25) is 0 Å². The summed E-state index contributed by atoms with van der Waals surface area (Å²) in [6.45, 7) is 0. The van der Waals surface area contributed by atoms with Gasteiger partial charge in [-0.1, -0.05) is 6.08 Å². The topological polar surface area (TPSA) is 41.6 Å². The lowest BCUT2D eigenvalue weighted by molar-refractivity contribution is -0.124. The Kier molecular flexibility index (Phi) is 3.26. The molecule has 1 aromatic rings. The van der Waals surface area contributed by atoms with Crippen molar-refractivity contribution < 1.29 is 9.53 Å². The van der Waals surface area contributed by atoms with Crippen LogP contribution in [0.4, 0.5) is 5.69 Å². The summed E-state index contributed by atoms with van der Waals surface area (Å²) in [6.07, 6.45) is 10.1. The molecular weight excluding hydrogens is 288 g/mol. The molecule has 23 heavy (non-hydrogen) atoms. The minimum Gasteiger partial charge on any atom is -0.481 e. The maximum atomic E-state index is 12.3. The van der Waals surface area contributed by atoms with E-state index in [2.05, 4.69) is 17.4 Å². The number of rotatable bonds is 3. The normalized spacial score (nSPS) is 21.4. The van der Waals surface area contributed by atoms with Gasteiger partial charge < -0.3 is 15.0 Å². The first-order valence-corrected chi connectivity index (χ1v) is 8.01. The molecule has 1 atom stereocenters. The molecule has 1 aromatic carbocycles. The number of fused-ring (bicyclic) bond motifs is 3. The van der Waals surface area contributed by atoms with Crippen molar-refractivity contribution in [2.24, 2.45) is 0 Å². The molecule has 4 nitrogen and oxygen atoms in total. The lowest BCUT2D eigenvalue weighted by Crippen LogP contribution is -2.22. The Hall–Kier alpha value is -2.49. The number of carbonyl (C=O) groups excluding carboxylic acids is 1. The highest BCUT2D eigenvalue weighted by Crippen LogP contribution is 2.41. The van der Waals surface area contributed by atoms with Gasteiger partial charge in [-0.25, -0.2) is 0 Å². The second-order valence-electron chi connectivity index (χ2n) is 6.47. The van der Waals surface area contributed by atoms with E-state index in [0.717, 1.165) is 22.6 Å². The van der Waals surface area contributed by atoms with Gasteiger partial charge in [0, 0.05) is 42.5 Å². The van der Waals surface area contributed by atoms with Crippen LogP contribution in [0.15, 0.2) is 48.1 Å². The van der Waals surface area contributed by atoms with Crippen LogP contribution >= 0.6 is 0 Å². The Morgan fingerprint density at radius 2 is 2.13 bits per heavy atom. The lowest BCUT2D eigenvalue weighted by Gasteiger charge is -2.11. The van der Waals surface area contributed by atoms with Crippen LogP contribution in [0, 0.1) is 0 Å². The highest BCUT2D eigenvalue weighted by molar-refractivity contribution is 6.00. The second-order valence-corrected chi connectivity index (χ2v) is 6.47. The third-order valence-corrected chi connectivity index (χ3v) is 4.32. The molecule has 0 spiro atoms. The van der Waals surface area contributed by atoms with Crippen molar-refractivity contribution in [1.29, 1.82) is 0 Å². The van der Waals surface area contributed by atoms with E-state index in [4.69, 9.17) is 4.74 Å². The summed E-state index contributed by atoms with van der Waals surface area (Å²) in [5.74, 6) is 0.884. The molecule has 1 unspecified atom stereocenters. The van der Waals surface area contributed by atoms with Gasteiger partial charge in [0.1, 0.15) is 11.9 Å². The zero-order valence-electron chi connectivity index (χ0n) is 13.4. The first-order valence-electron chi connectivity index (χ1n) is 8.01. The van der Waals surface area contributed by atoms with E-state index in [9.17, 15) is 4.79 Å². The van der Waals surface area contributed by atoms with E-state index < -0.39 is 0 Å². The monoisotopic (exact) mass is 308 g/mol. The van der Waals surface area contributed by atoms with Crippen LogP contribution in [0.5, 0.6) is 5.75 Å². The summed E-state index contributed by atoms with van der Waals surface area (Å²) >= 11 is 0. The summed E-state index contributed by atoms with van der Waals surface area (Å²) in [6, 6.07) is 6.82. The van der Waals surface area contributed by atoms with Gasteiger partial charge in [0.15, 0.2) is 0 Å². The standard InChI is InChI=1S/C19H20N2O2/c1-21(2)19(22)12-4-3-5-17-15(10-12)16-11-14(20-13-6-7-13)8-9-18(16)23-17/h3-5,8-11,13,17,20H,6-7H2,1-2H3. The molecule has 1 saturated carbocycles. The second kappa shape index (κ2) is 5.30. The third kappa shape index (κ3) is 2.65. The number of amides is 1. The van der Waals surface area contributed by atoms with Gasteiger partial charge in [0.05, 0.1) is 0 Å². The summed E-state index contributed by atoms with van der Waals surface area (Å²) in [5, 5.41) is 3.52. The van der Waals surface area contributed by atoms with E-state index in [-0.39, 0.29) is 12.0 Å². The van der Waals surface area contributed by atoms with Gasteiger partial charge in [-0.2, -0.15) is 0 Å². The van der Waals surface area contributed by atoms with E-state index in [1.807, 2.05) is 30.4 Å². The Balaban J connectivity index is 1.71. The number of anilines is 1. The molecule has 0 bridgehead atoms. The Bertz CT molecular complexity index is 755. The van der Waals surface area contributed by atoms with Crippen molar-refractivity contribution in [3.8, 4) is 5.75 Å². The minimum absolute atomic E-state index is 0.00325. The molecule has 4 rings (SSSR count). The van der Waals surface area contributed by atoms with Gasteiger partial charge in [-0.15, -0.1) is 0 Å². The Labute approximate surface area is 136 Å². The number of hydrogen-bond donors (Lipinski definition) is 1. The van der Waals surface area contributed by atoms with E-state index >= 15 is 0 Å². The predicted molar refractivity (Wildman–Crippen MR) is 91.4 cm³/mol. The van der Waals surface area contributed by atoms with Crippen LogP contribution in [0.2, 0.25) is 0 Å². The number of nitrogens with zero attached hydrogens (tertiary/aromatic N) is 1. The molecule has 0 saturated heterocycles. The van der Waals surface area contributed by atoms with Crippen LogP contribution < -0.4 is 10.1 Å². The molecule has 1 heterocycles. The summed E-state index contributed by atoms with van der Waals surface area (Å²) in [5.41, 5.74) is 3.93. The number of carbonyl (C=O) groups is 1. The van der Waals surface area contributed by atoms with Crippen LogP contribution in [-0.4, -0.2) is 37.0 Å². The molecule has 3 aliphatic rings. The zero-order valence-corrected chi connectivity index (χ0v) is 13.4. The van der Waals surface area contributed by atoms with Gasteiger partial charge in [0.25, 0.3) is 5.91 Å². The first-order chi connectivity index (χ1) is 11.1. The van der Waals surface area contributed by atoms with Crippen LogP contribution in [0.1, 0.15) is 18.4 Å². The molecule has 1 amide bonds. The molecule has 0 radical (unpaired) electrons. The molecule has 1 fully saturated rings. The molecule has 2 aliphatic carbocycles. The van der Waals surface area contributed by atoms with Gasteiger partial charge in [-0.05, 0) is 49.3 Å². The Morgan fingerprint density at radius 1 is 1.30 bits per heavy atom. The summed E-state index contributed by atoms with van der Waals surface area (Å²) in [4.78, 5) is 13.9. The van der Waals surface area contributed by atoms with Crippen molar-refractivity contribution in [3.05, 3.63) is 53.6 Å². The van der Waals surface area contributed by atoms with Crippen molar-refractivity contribution >= 4 is 17.2 Å². The molecule has 0 aromatic heterocycles. The molecular formula is C19H20N2O2. The minimum atomic E-state index is -0.120. The number of benzene rings is 1. The maximum absolute atomic E-state index is 12.3. The molecule has 4 heteroatoms. The van der Waals surface area contributed by atoms with Crippen LogP contribution in [0.25, 0.3) is 5.57 Å². The van der Waals surface area contributed by atoms with Gasteiger partial charge in [-0.3, -0.25) is 4.79 Å². The third-order valence-electron chi connectivity index (χ3n) is 4.32. The molecule has 118 valence electrons. The summed E-state index contributed by atoms with van der Waals surface area (Å²) < 4.78 is 6.01. The number of nitrogens with one attached hydrogen (secondary N) is 1. The predicted octanol–water partition coefficient (Wildman–Crippen LogP) is 2.99. The number of hydrogen-bond acceptors (Lipinski definition) is 3. The number of allylic oxidation sites excluding steroid dienone is 2. The van der Waals surface area contributed by atoms with Crippen LogP contribution in [0.3, 0.4) is 0 Å². The fourth-order valence-corrected chi connectivity index (χ4v) is 2.93. The zero-order chi connectivity index (χ0) is 16.0. The number of likely N-dealkylation sites (N-methyl/N-ethyl adjacent to an activating group) is 1. The maximum Gasteiger partial charge on any atom is 0.253 e. The smallest absolute Gasteiger partial charge is 0.253 e. The SMILES string of the molecule is CN(C)C(=O)C1=CC=CC2Oc3ccc(NC4CC4)cc3C2=C1. The van der Waals surface area contributed by atoms with E-state index in [1.54, 1.807) is 19.0 Å². The van der Waals surface area contributed by atoms with E-state index in [1.165, 1.54) is 12.8 Å². The Morgan fingerprint density at radius 3 is 2.87 bits per heavy atom. The van der Waals surface area contributed by atoms with Crippen LogP contribution in [-0.2, 0) is 4.79 Å². The van der Waals surface area contributed by atoms with Gasteiger partial charge >= 0.3 is 0 Å².